The molecular weight excluding hydrogens is 266 g/mol. The highest BCUT2D eigenvalue weighted by molar-refractivity contribution is 7.89. The number of rotatable bonds is 6. The standard InChI is InChI=1S/C12H19N3O3S/c1-15(2)19(17,18)8-7-14-12(16)11-5-3-10(9-13)4-6-11/h3-6H,7-9,13H2,1-2H3,(H,14,16). The smallest absolute Gasteiger partial charge is 0.251 e. The van der Waals surface area contributed by atoms with E-state index in [0.29, 0.717) is 12.1 Å². The Hall–Kier alpha value is -1.44. The van der Waals surface area contributed by atoms with Crippen molar-refractivity contribution in [2.45, 2.75) is 6.54 Å². The molecule has 1 rings (SSSR count). The largest absolute Gasteiger partial charge is 0.351 e. The molecule has 1 aromatic carbocycles. The van der Waals surface area contributed by atoms with Gasteiger partial charge in [0.2, 0.25) is 10.0 Å². The average Bonchev–Trinajstić information content (AvgIpc) is 2.38. The van der Waals surface area contributed by atoms with E-state index in [2.05, 4.69) is 5.32 Å². The second-order valence-electron chi connectivity index (χ2n) is 4.26. The summed E-state index contributed by atoms with van der Waals surface area (Å²) in [7, 11) is -0.363. The number of amides is 1. The van der Waals surface area contributed by atoms with Gasteiger partial charge in [-0.15, -0.1) is 0 Å². The van der Waals surface area contributed by atoms with Gasteiger partial charge in [0.05, 0.1) is 5.75 Å². The maximum Gasteiger partial charge on any atom is 0.251 e. The Balaban J connectivity index is 2.52. The van der Waals surface area contributed by atoms with Crippen LogP contribution in [0.25, 0.3) is 0 Å². The highest BCUT2D eigenvalue weighted by Crippen LogP contribution is 2.03. The molecule has 0 bridgehead atoms. The third kappa shape index (κ3) is 4.62. The lowest BCUT2D eigenvalue weighted by Crippen LogP contribution is -2.33. The molecule has 106 valence electrons. The van der Waals surface area contributed by atoms with E-state index < -0.39 is 10.0 Å². The molecule has 0 aromatic heterocycles. The van der Waals surface area contributed by atoms with Gasteiger partial charge in [0.15, 0.2) is 0 Å². The summed E-state index contributed by atoms with van der Waals surface area (Å²) in [6.45, 7) is 0.501. The summed E-state index contributed by atoms with van der Waals surface area (Å²) in [4.78, 5) is 11.7. The van der Waals surface area contributed by atoms with Gasteiger partial charge in [-0.25, -0.2) is 12.7 Å². The van der Waals surface area contributed by atoms with Crippen molar-refractivity contribution in [2.24, 2.45) is 5.73 Å². The number of nitrogens with zero attached hydrogens (tertiary/aromatic N) is 1. The van der Waals surface area contributed by atoms with Crippen LogP contribution in [0.15, 0.2) is 24.3 Å². The van der Waals surface area contributed by atoms with Crippen LogP contribution in [-0.4, -0.2) is 45.0 Å². The zero-order chi connectivity index (χ0) is 14.5. The molecule has 0 saturated carbocycles. The van der Waals surface area contributed by atoms with Crippen molar-refractivity contribution >= 4 is 15.9 Å². The summed E-state index contributed by atoms with van der Waals surface area (Å²) in [5, 5.41) is 2.57. The van der Waals surface area contributed by atoms with Gasteiger partial charge >= 0.3 is 0 Å². The Morgan fingerprint density at radius 3 is 2.32 bits per heavy atom. The molecule has 1 amide bonds. The average molecular weight is 285 g/mol. The minimum Gasteiger partial charge on any atom is -0.351 e. The Labute approximate surface area is 113 Å². The van der Waals surface area contributed by atoms with E-state index in [-0.39, 0.29) is 18.2 Å². The van der Waals surface area contributed by atoms with E-state index in [0.717, 1.165) is 9.87 Å². The van der Waals surface area contributed by atoms with Gasteiger partial charge in [-0.1, -0.05) is 12.1 Å². The topological polar surface area (TPSA) is 92.5 Å². The van der Waals surface area contributed by atoms with Crippen molar-refractivity contribution in [3.05, 3.63) is 35.4 Å². The number of hydrogen-bond donors (Lipinski definition) is 2. The molecule has 3 N–H and O–H groups in total. The second-order valence-corrected chi connectivity index (χ2v) is 6.56. The van der Waals surface area contributed by atoms with Gasteiger partial charge in [0.1, 0.15) is 0 Å². The molecule has 0 atom stereocenters. The van der Waals surface area contributed by atoms with Crippen LogP contribution < -0.4 is 11.1 Å². The number of carbonyl (C=O) groups excluding carboxylic acids is 1. The van der Waals surface area contributed by atoms with Crippen molar-refractivity contribution < 1.29 is 13.2 Å². The fourth-order valence-electron chi connectivity index (χ4n) is 1.37. The molecule has 0 aliphatic heterocycles. The minimum absolute atomic E-state index is 0.0813. The number of hydrogen-bond acceptors (Lipinski definition) is 4. The summed E-state index contributed by atoms with van der Waals surface area (Å²) >= 11 is 0. The predicted molar refractivity (Wildman–Crippen MR) is 74.1 cm³/mol. The van der Waals surface area contributed by atoms with Gasteiger partial charge < -0.3 is 11.1 Å². The molecule has 19 heavy (non-hydrogen) atoms. The molecule has 0 aliphatic rings. The number of nitrogens with one attached hydrogen (secondary N) is 1. The van der Waals surface area contributed by atoms with Crippen LogP contribution in [-0.2, 0) is 16.6 Å². The van der Waals surface area contributed by atoms with E-state index >= 15 is 0 Å². The van der Waals surface area contributed by atoms with Crippen LogP contribution >= 0.6 is 0 Å². The molecule has 0 radical (unpaired) electrons. The molecule has 1 aromatic rings. The van der Waals surface area contributed by atoms with E-state index in [1.165, 1.54) is 14.1 Å². The van der Waals surface area contributed by atoms with Crippen molar-refractivity contribution in [2.75, 3.05) is 26.4 Å². The van der Waals surface area contributed by atoms with Crippen LogP contribution in [0.3, 0.4) is 0 Å². The molecule has 0 spiro atoms. The summed E-state index contributed by atoms with van der Waals surface area (Å²) in [6, 6.07) is 6.87. The van der Waals surface area contributed by atoms with Crippen molar-refractivity contribution in [1.29, 1.82) is 0 Å². The van der Waals surface area contributed by atoms with Crippen molar-refractivity contribution in [3.8, 4) is 0 Å². The first-order valence-electron chi connectivity index (χ1n) is 5.84. The van der Waals surface area contributed by atoms with Crippen LogP contribution in [0.2, 0.25) is 0 Å². The van der Waals surface area contributed by atoms with Crippen LogP contribution in [0, 0.1) is 0 Å². The first-order chi connectivity index (χ1) is 8.86. The zero-order valence-corrected chi connectivity index (χ0v) is 11.9. The van der Waals surface area contributed by atoms with E-state index in [4.69, 9.17) is 5.73 Å². The normalized spacial score (nSPS) is 11.6. The van der Waals surface area contributed by atoms with E-state index in [1.807, 2.05) is 0 Å². The maximum atomic E-state index is 11.7. The van der Waals surface area contributed by atoms with Crippen molar-refractivity contribution in [1.82, 2.24) is 9.62 Å². The van der Waals surface area contributed by atoms with Gasteiger partial charge in [0, 0.05) is 32.7 Å². The molecule has 0 unspecified atom stereocenters. The van der Waals surface area contributed by atoms with Gasteiger partial charge in [0.25, 0.3) is 5.91 Å². The zero-order valence-electron chi connectivity index (χ0n) is 11.1. The predicted octanol–water partition coefficient (Wildman–Crippen LogP) is -0.233. The summed E-state index contributed by atoms with van der Waals surface area (Å²) < 4.78 is 24.1. The minimum atomic E-state index is -3.28. The lowest BCUT2D eigenvalue weighted by atomic mass is 10.1. The monoisotopic (exact) mass is 285 g/mol. The molecule has 0 saturated heterocycles. The lowest BCUT2D eigenvalue weighted by Gasteiger charge is -2.11. The first-order valence-corrected chi connectivity index (χ1v) is 7.45. The SMILES string of the molecule is CN(C)S(=O)(=O)CCNC(=O)c1ccc(CN)cc1. The second kappa shape index (κ2) is 6.65. The van der Waals surface area contributed by atoms with Gasteiger partial charge in [-0.3, -0.25) is 4.79 Å². The third-order valence-electron chi connectivity index (χ3n) is 2.65. The highest BCUT2D eigenvalue weighted by Gasteiger charge is 2.14. The fourth-order valence-corrected chi connectivity index (χ4v) is 2.10. The fraction of sp³-hybridized carbons (Fsp3) is 0.417. The molecule has 0 aliphatic carbocycles. The van der Waals surface area contributed by atoms with Gasteiger partial charge in [-0.2, -0.15) is 0 Å². The highest BCUT2D eigenvalue weighted by atomic mass is 32.2. The Bertz CT molecular complexity index is 524. The van der Waals surface area contributed by atoms with E-state index in [9.17, 15) is 13.2 Å². The number of sulfonamides is 1. The Morgan fingerprint density at radius 1 is 1.26 bits per heavy atom. The Kier molecular flexibility index (Phi) is 5.46. The quantitative estimate of drug-likeness (QED) is 0.755. The molecule has 0 fully saturated rings. The maximum absolute atomic E-state index is 11.7. The summed E-state index contributed by atoms with van der Waals surface area (Å²) in [6.07, 6.45) is 0. The summed E-state index contributed by atoms with van der Waals surface area (Å²) in [5.74, 6) is -0.412. The van der Waals surface area contributed by atoms with E-state index in [1.54, 1.807) is 24.3 Å². The number of carbonyl (C=O) groups is 1. The molecule has 7 heteroatoms. The molecule has 0 heterocycles. The third-order valence-corrected chi connectivity index (χ3v) is 4.49. The summed E-state index contributed by atoms with van der Waals surface area (Å²) in [5.41, 5.74) is 6.88. The lowest BCUT2D eigenvalue weighted by molar-refractivity contribution is 0.0956. The molecular formula is C12H19N3O3S. The molecule has 6 nitrogen and oxygen atoms in total. The van der Waals surface area contributed by atoms with Crippen LogP contribution in [0.5, 0.6) is 0 Å². The van der Waals surface area contributed by atoms with Gasteiger partial charge in [-0.05, 0) is 17.7 Å². The van der Waals surface area contributed by atoms with Crippen molar-refractivity contribution in [3.63, 3.8) is 0 Å². The first kappa shape index (κ1) is 15.6. The Morgan fingerprint density at radius 2 is 1.84 bits per heavy atom. The number of benzene rings is 1. The van der Waals surface area contributed by atoms with Crippen LogP contribution in [0.1, 0.15) is 15.9 Å². The number of nitrogens with two attached hydrogens (primary N) is 1. The van der Waals surface area contributed by atoms with Crippen LogP contribution in [0.4, 0.5) is 0 Å².